The molecule has 240 valence electrons. The zero-order valence-electron chi connectivity index (χ0n) is 25.6. The van der Waals surface area contributed by atoms with E-state index in [1.54, 1.807) is 11.3 Å². The first kappa shape index (κ1) is 35.0. The quantitative estimate of drug-likeness (QED) is 0.127. The molecule has 1 aliphatic rings. The van der Waals surface area contributed by atoms with Gasteiger partial charge in [0, 0.05) is 19.6 Å². The van der Waals surface area contributed by atoms with Crippen molar-refractivity contribution in [3.63, 3.8) is 0 Å². The molecule has 2 aromatic rings. The van der Waals surface area contributed by atoms with E-state index < -0.39 is 35.7 Å². The van der Waals surface area contributed by atoms with Gasteiger partial charge in [0.2, 0.25) is 11.8 Å². The maximum Gasteiger partial charge on any atom is 0.246 e. The molecule has 6 N–H and O–H groups in total. The summed E-state index contributed by atoms with van der Waals surface area (Å²) in [5.41, 5.74) is 9.58. The first-order chi connectivity index (χ1) is 20.5. The van der Waals surface area contributed by atoms with Crippen molar-refractivity contribution in [1.82, 2.24) is 20.5 Å². The number of hydrogen-bond acceptors (Lipinski definition) is 11. The molecule has 13 heteroatoms. The molecule has 3 rings (SSSR count). The number of amides is 2. The molecule has 1 fully saturated rings. The molecule has 43 heavy (non-hydrogen) atoms. The molecule has 1 unspecified atom stereocenters. The Balaban J connectivity index is 1.51. The monoisotopic (exact) mass is 621 g/mol. The molecule has 2 heterocycles. The van der Waals surface area contributed by atoms with Gasteiger partial charge in [-0.2, -0.15) is 0 Å². The topological polar surface area (TPSA) is 168 Å². The fraction of sp³-hybridized carbons (Fsp3) is 0.633. The normalized spacial score (nSPS) is 18.5. The number of β-amino-alcohol motifs (C(OH)–C–C–N with tert-alkyl or cyclic N) is 1. The van der Waals surface area contributed by atoms with Crippen LogP contribution in [0, 0.1) is 12.3 Å². The molecule has 0 saturated carbocycles. The summed E-state index contributed by atoms with van der Waals surface area (Å²) >= 11 is 1.59. The zero-order valence-corrected chi connectivity index (χ0v) is 26.4. The summed E-state index contributed by atoms with van der Waals surface area (Å²) in [6.07, 6.45) is -1.65. The average molecular weight is 622 g/mol. The Hall–Kier alpha value is -2.49. The second kappa shape index (κ2) is 17.1. The van der Waals surface area contributed by atoms with Crippen LogP contribution in [0.15, 0.2) is 29.8 Å². The Morgan fingerprint density at radius 1 is 1.12 bits per heavy atom. The number of likely N-dealkylation sites (tertiary alicyclic amines) is 1. The SMILES string of the molecule is Cc1ncsc1-c1ccc(CNC(O)[C@@H]2C[C@@H](O)CN2C(=O)[C@@H](NC(=O)COCCOCCOCCN)C(C)(C)C)cc1. The molecular weight excluding hydrogens is 574 g/mol. The summed E-state index contributed by atoms with van der Waals surface area (Å²) in [5.74, 6) is -0.806. The molecule has 1 aromatic heterocycles. The Morgan fingerprint density at radius 2 is 1.77 bits per heavy atom. The lowest BCUT2D eigenvalue weighted by atomic mass is 9.85. The maximum absolute atomic E-state index is 13.7. The summed E-state index contributed by atoms with van der Waals surface area (Å²) in [5, 5.41) is 27.4. The van der Waals surface area contributed by atoms with Crippen molar-refractivity contribution >= 4 is 23.2 Å². The van der Waals surface area contributed by atoms with Crippen molar-refractivity contribution in [2.45, 2.75) is 65.1 Å². The van der Waals surface area contributed by atoms with E-state index in [4.69, 9.17) is 19.9 Å². The van der Waals surface area contributed by atoms with Gasteiger partial charge in [0.1, 0.15) is 18.9 Å². The van der Waals surface area contributed by atoms with Crippen LogP contribution in [-0.2, 0) is 30.3 Å². The number of nitrogens with zero attached hydrogens (tertiary/aromatic N) is 2. The minimum atomic E-state index is -1.08. The van der Waals surface area contributed by atoms with E-state index in [1.165, 1.54) is 4.90 Å². The van der Waals surface area contributed by atoms with Crippen molar-refractivity contribution in [2.75, 3.05) is 52.7 Å². The number of thiazole rings is 1. The van der Waals surface area contributed by atoms with Gasteiger partial charge in [-0.05, 0) is 29.9 Å². The van der Waals surface area contributed by atoms with Crippen molar-refractivity contribution in [2.24, 2.45) is 11.1 Å². The van der Waals surface area contributed by atoms with Crippen molar-refractivity contribution in [3.05, 3.63) is 41.0 Å². The van der Waals surface area contributed by atoms with Crippen LogP contribution in [0.25, 0.3) is 10.4 Å². The molecule has 2 amide bonds. The Labute approximate surface area is 257 Å². The van der Waals surface area contributed by atoms with Gasteiger partial charge in [0.05, 0.1) is 61.3 Å². The van der Waals surface area contributed by atoms with Crippen LogP contribution in [0.3, 0.4) is 0 Å². The van der Waals surface area contributed by atoms with Gasteiger partial charge in [0.25, 0.3) is 0 Å². The second-order valence-electron chi connectivity index (χ2n) is 11.7. The van der Waals surface area contributed by atoms with Crippen molar-refractivity contribution < 1.29 is 34.0 Å². The third kappa shape index (κ3) is 10.9. The largest absolute Gasteiger partial charge is 0.391 e. The van der Waals surface area contributed by atoms with Gasteiger partial charge in [-0.3, -0.25) is 14.9 Å². The number of aryl methyl sites for hydroxylation is 1. The molecule has 1 aliphatic heterocycles. The van der Waals surface area contributed by atoms with E-state index in [2.05, 4.69) is 15.6 Å². The van der Waals surface area contributed by atoms with E-state index in [1.807, 2.05) is 57.5 Å². The molecule has 0 radical (unpaired) electrons. The zero-order chi connectivity index (χ0) is 31.4. The van der Waals surface area contributed by atoms with Gasteiger partial charge in [-0.1, -0.05) is 45.0 Å². The van der Waals surface area contributed by atoms with Crippen LogP contribution in [0.5, 0.6) is 0 Å². The lowest BCUT2D eigenvalue weighted by Gasteiger charge is -2.37. The lowest BCUT2D eigenvalue weighted by Crippen LogP contribution is -2.59. The van der Waals surface area contributed by atoms with Crippen LogP contribution < -0.4 is 16.4 Å². The van der Waals surface area contributed by atoms with E-state index in [9.17, 15) is 19.8 Å². The maximum atomic E-state index is 13.7. The number of carbonyl (C=O) groups excluding carboxylic acids is 2. The van der Waals surface area contributed by atoms with Gasteiger partial charge in [-0.15, -0.1) is 11.3 Å². The lowest BCUT2D eigenvalue weighted by molar-refractivity contribution is -0.143. The molecule has 12 nitrogen and oxygen atoms in total. The summed E-state index contributed by atoms with van der Waals surface area (Å²) in [4.78, 5) is 33.3. The van der Waals surface area contributed by atoms with E-state index in [0.717, 1.165) is 21.7 Å². The number of benzene rings is 1. The number of aromatic nitrogens is 1. The first-order valence-corrected chi connectivity index (χ1v) is 15.5. The standard InChI is InChI=1S/C30H47N5O7S/c1-20-26(43-19-33-20)22-7-5-21(6-8-22)16-32-28(38)24-15-23(36)17-35(24)29(39)27(30(2,3)4)34-25(37)18-42-14-13-41-12-11-40-10-9-31/h5-8,19,23-24,27-28,32,36,38H,9-18,31H2,1-4H3,(H,34,37)/t23-,24+,27-,28?/m1/s1. The van der Waals surface area contributed by atoms with Gasteiger partial charge in [-0.25, -0.2) is 4.98 Å². The second-order valence-corrected chi connectivity index (χ2v) is 12.5. The molecule has 4 atom stereocenters. The van der Waals surface area contributed by atoms with Crippen LogP contribution in [0.2, 0.25) is 0 Å². The Kier molecular flexibility index (Phi) is 13.9. The highest BCUT2D eigenvalue weighted by atomic mass is 32.1. The number of aliphatic hydroxyl groups excluding tert-OH is 2. The highest BCUT2D eigenvalue weighted by Crippen LogP contribution is 2.28. The minimum absolute atomic E-state index is 0.0659. The summed E-state index contributed by atoms with van der Waals surface area (Å²) in [6.45, 7) is 10.0. The predicted octanol–water partition coefficient (Wildman–Crippen LogP) is 1.03. The fourth-order valence-corrected chi connectivity index (χ4v) is 5.62. The van der Waals surface area contributed by atoms with Crippen LogP contribution in [-0.4, -0.2) is 109 Å². The number of aliphatic hydroxyl groups is 2. The number of nitrogens with one attached hydrogen (secondary N) is 2. The number of hydrogen-bond donors (Lipinski definition) is 5. The summed E-state index contributed by atoms with van der Waals surface area (Å²) in [6, 6.07) is 6.46. The molecular formula is C30H47N5O7S. The van der Waals surface area contributed by atoms with Crippen molar-refractivity contribution in [3.8, 4) is 10.4 Å². The predicted molar refractivity (Wildman–Crippen MR) is 164 cm³/mol. The molecule has 1 aromatic carbocycles. The van der Waals surface area contributed by atoms with Gasteiger partial charge in [0.15, 0.2) is 0 Å². The average Bonchev–Trinajstić information content (AvgIpc) is 3.58. The van der Waals surface area contributed by atoms with Crippen LogP contribution in [0.4, 0.5) is 0 Å². The Bertz CT molecular complexity index is 1140. The summed E-state index contributed by atoms with van der Waals surface area (Å²) in [7, 11) is 0. The third-order valence-electron chi connectivity index (χ3n) is 7.10. The highest BCUT2D eigenvalue weighted by Gasteiger charge is 2.44. The summed E-state index contributed by atoms with van der Waals surface area (Å²) < 4.78 is 16.0. The molecule has 1 saturated heterocycles. The Morgan fingerprint density at radius 3 is 2.37 bits per heavy atom. The van der Waals surface area contributed by atoms with Crippen molar-refractivity contribution in [1.29, 1.82) is 0 Å². The molecule has 0 bridgehead atoms. The van der Waals surface area contributed by atoms with E-state index >= 15 is 0 Å². The third-order valence-corrected chi connectivity index (χ3v) is 8.08. The smallest absolute Gasteiger partial charge is 0.246 e. The van der Waals surface area contributed by atoms with Crippen LogP contribution in [0.1, 0.15) is 38.4 Å². The fourth-order valence-electron chi connectivity index (χ4n) is 4.81. The minimum Gasteiger partial charge on any atom is -0.391 e. The molecule has 0 spiro atoms. The number of ether oxygens (including phenoxy) is 3. The van der Waals surface area contributed by atoms with Crippen LogP contribution >= 0.6 is 11.3 Å². The first-order valence-electron chi connectivity index (χ1n) is 14.6. The number of carbonyl (C=O) groups is 2. The van der Waals surface area contributed by atoms with Gasteiger partial charge >= 0.3 is 0 Å². The molecule has 0 aliphatic carbocycles. The highest BCUT2D eigenvalue weighted by molar-refractivity contribution is 7.13. The number of rotatable bonds is 17. The van der Waals surface area contributed by atoms with E-state index in [-0.39, 0.29) is 32.1 Å². The van der Waals surface area contributed by atoms with E-state index in [0.29, 0.717) is 39.5 Å². The van der Waals surface area contributed by atoms with Gasteiger partial charge < -0.3 is 40.4 Å². The number of nitrogens with two attached hydrogens (primary N) is 1.